The molecule has 0 aromatic carbocycles. The van der Waals surface area contributed by atoms with Crippen LogP contribution in [0.15, 0.2) is 12.2 Å². The average molecular weight is 155 g/mol. The van der Waals surface area contributed by atoms with Crippen LogP contribution in [0.2, 0.25) is 0 Å². The fraction of sp³-hybridized carbons (Fsp3) is 0.667. The van der Waals surface area contributed by atoms with E-state index in [1.165, 1.54) is 0 Å². The number of hydrogen-bond acceptors (Lipinski definition) is 2. The smallest absolute Gasteiger partial charge is 0.0668 e. The molecule has 0 spiro atoms. The second-order valence-corrected chi connectivity index (χ2v) is 2.94. The maximum absolute atomic E-state index is 10.2. The Kier molecular flexibility index (Phi) is 4.59. The van der Waals surface area contributed by atoms with E-state index in [0.29, 0.717) is 12.3 Å². The highest BCUT2D eigenvalue weighted by molar-refractivity contribution is 5.83. The zero-order chi connectivity index (χ0) is 8.85. The summed E-state index contributed by atoms with van der Waals surface area (Å²) in [5.41, 5.74) is 0.213. The summed E-state index contributed by atoms with van der Waals surface area (Å²) < 4.78 is 0. The van der Waals surface area contributed by atoms with Crippen molar-refractivity contribution in [1.82, 2.24) is 0 Å². The van der Waals surface area contributed by atoms with Gasteiger partial charge in [0.2, 0.25) is 0 Å². The molecule has 0 aliphatic carbocycles. The second-order valence-electron chi connectivity index (χ2n) is 2.94. The third-order valence-electron chi connectivity index (χ3n) is 1.92. The molecule has 2 heteroatoms. The van der Waals surface area contributed by atoms with E-state index in [1.807, 2.05) is 0 Å². The molecule has 0 saturated carbocycles. The minimum absolute atomic E-state index is 0.213. The van der Waals surface area contributed by atoms with Crippen molar-refractivity contribution >= 4 is 5.97 Å². The largest absolute Gasteiger partial charge is 0.545 e. The second kappa shape index (κ2) is 4.94. The molecule has 2 nitrogen and oxygen atoms in total. The van der Waals surface area contributed by atoms with Crippen molar-refractivity contribution in [2.24, 2.45) is 5.92 Å². The van der Waals surface area contributed by atoms with Crippen LogP contribution in [0.3, 0.4) is 0 Å². The normalized spacial score (nSPS) is 12.5. The van der Waals surface area contributed by atoms with Gasteiger partial charge < -0.3 is 9.90 Å². The van der Waals surface area contributed by atoms with Crippen molar-refractivity contribution in [3.63, 3.8) is 0 Å². The quantitative estimate of drug-likeness (QED) is 0.558. The maximum Gasteiger partial charge on any atom is 0.0668 e. The average Bonchev–Trinajstić information content (AvgIpc) is 1.99. The Morgan fingerprint density at radius 3 is 2.55 bits per heavy atom. The van der Waals surface area contributed by atoms with Crippen molar-refractivity contribution in [3.05, 3.63) is 12.2 Å². The Morgan fingerprint density at radius 2 is 2.18 bits per heavy atom. The highest BCUT2D eigenvalue weighted by atomic mass is 16.4. The number of carboxylic acid groups (broad SMARTS) is 1. The molecule has 11 heavy (non-hydrogen) atoms. The molecule has 0 heterocycles. The van der Waals surface area contributed by atoms with Crippen LogP contribution in [0, 0.1) is 5.92 Å². The van der Waals surface area contributed by atoms with Gasteiger partial charge in [0.25, 0.3) is 0 Å². The molecule has 0 bridgehead atoms. The highest BCUT2D eigenvalue weighted by Gasteiger charge is 2.00. The van der Waals surface area contributed by atoms with Gasteiger partial charge in [0.05, 0.1) is 5.97 Å². The van der Waals surface area contributed by atoms with Crippen LogP contribution in [0.4, 0.5) is 0 Å². The lowest BCUT2D eigenvalue weighted by atomic mass is 10.00. The monoisotopic (exact) mass is 155 g/mol. The molecule has 1 unspecified atom stereocenters. The Bertz CT molecular complexity index is 150. The molecule has 0 radical (unpaired) electrons. The van der Waals surface area contributed by atoms with Gasteiger partial charge in [-0.1, -0.05) is 26.8 Å². The third kappa shape index (κ3) is 4.59. The predicted molar refractivity (Wildman–Crippen MR) is 42.8 cm³/mol. The van der Waals surface area contributed by atoms with Crippen LogP contribution in [-0.2, 0) is 4.79 Å². The van der Waals surface area contributed by atoms with E-state index >= 15 is 0 Å². The van der Waals surface area contributed by atoms with Gasteiger partial charge >= 0.3 is 0 Å². The zero-order valence-corrected chi connectivity index (χ0v) is 7.22. The molecular formula is C9H15O2-. The molecule has 0 aromatic heterocycles. The van der Waals surface area contributed by atoms with E-state index in [4.69, 9.17) is 0 Å². The van der Waals surface area contributed by atoms with Crippen LogP contribution < -0.4 is 5.11 Å². The first-order valence-corrected chi connectivity index (χ1v) is 3.97. The fourth-order valence-electron chi connectivity index (χ4n) is 0.727. The van der Waals surface area contributed by atoms with Crippen LogP contribution in [0.25, 0.3) is 0 Å². The number of carboxylic acids is 1. The van der Waals surface area contributed by atoms with E-state index in [-0.39, 0.29) is 5.57 Å². The molecule has 1 atom stereocenters. The van der Waals surface area contributed by atoms with E-state index in [1.54, 1.807) is 0 Å². The molecule has 0 saturated heterocycles. The molecule has 0 aliphatic rings. The number of hydrogen-bond donors (Lipinski definition) is 0. The summed E-state index contributed by atoms with van der Waals surface area (Å²) in [6.07, 6.45) is 2.53. The van der Waals surface area contributed by atoms with Crippen molar-refractivity contribution < 1.29 is 9.90 Å². The van der Waals surface area contributed by atoms with E-state index in [2.05, 4.69) is 20.4 Å². The lowest BCUT2D eigenvalue weighted by Gasteiger charge is -2.09. The van der Waals surface area contributed by atoms with Gasteiger partial charge in [-0.3, -0.25) is 0 Å². The van der Waals surface area contributed by atoms with Crippen LogP contribution in [0.1, 0.15) is 33.1 Å². The Hall–Kier alpha value is -0.790. The summed E-state index contributed by atoms with van der Waals surface area (Å²) >= 11 is 0. The van der Waals surface area contributed by atoms with E-state index in [9.17, 15) is 9.90 Å². The van der Waals surface area contributed by atoms with Crippen molar-refractivity contribution in [3.8, 4) is 0 Å². The highest BCUT2D eigenvalue weighted by Crippen LogP contribution is 2.12. The topological polar surface area (TPSA) is 40.1 Å². The zero-order valence-electron chi connectivity index (χ0n) is 7.22. The van der Waals surface area contributed by atoms with Crippen molar-refractivity contribution in [2.75, 3.05) is 0 Å². The lowest BCUT2D eigenvalue weighted by molar-refractivity contribution is -0.299. The van der Waals surface area contributed by atoms with Crippen LogP contribution in [0.5, 0.6) is 0 Å². The number of rotatable bonds is 5. The molecule has 0 aromatic rings. The molecule has 64 valence electrons. The van der Waals surface area contributed by atoms with Gasteiger partial charge in [0, 0.05) is 0 Å². The Labute approximate surface area is 67.9 Å². The number of aliphatic carboxylic acids is 1. The maximum atomic E-state index is 10.2. The Balaban J connectivity index is 3.54. The first-order valence-electron chi connectivity index (χ1n) is 3.97. The summed E-state index contributed by atoms with van der Waals surface area (Å²) in [7, 11) is 0. The summed E-state index contributed by atoms with van der Waals surface area (Å²) in [6, 6.07) is 0. The minimum Gasteiger partial charge on any atom is -0.545 e. The van der Waals surface area contributed by atoms with Gasteiger partial charge in [-0.25, -0.2) is 0 Å². The molecular weight excluding hydrogens is 140 g/mol. The standard InChI is InChI=1S/C9H16O2/c1-4-7(2)5-6-8(3)9(10)11/h7H,3-6H2,1-2H3,(H,10,11)/p-1. The van der Waals surface area contributed by atoms with Crippen molar-refractivity contribution in [2.45, 2.75) is 33.1 Å². The van der Waals surface area contributed by atoms with Gasteiger partial charge in [-0.2, -0.15) is 0 Å². The molecule has 0 amide bonds. The van der Waals surface area contributed by atoms with Gasteiger partial charge in [-0.15, -0.1) is 0 Å². The van der Waals surface area contributed by atoms with Crippen LogP contribution >= 0.6 is 0 Å². The third-order valence-corrected chi connectivity index (χ3v) is 1.92. The van der Waals surface area contributed by atoms with E-state index < -0.39 is 5.97 Å². The molecule has 0 aliphatic heterocycles. The molecule has 0 N–H and O–H groups in total. The van der Waals surface area contributed by atoms with Gasteiger partial charge in [0.15, 0.2) is 0 Å². The lowest BCUT2D eigenvalue weighted by Crippen LogP contribution is -2.24. The minimum atomic E-state index is -1.12. The summed E-state index contributed by atoms with van der Waals surface area (Å²) in [4.78, 5) is 10.2. The summed E-state index contributed by atoms with van der Waals surface area (Å²) in [5.74, 6) is -0.542. The molecule has 0 rings (SSSR count). The summed E-state index contributed by atoms with van der Waals surface area (Å²) in [5, 5.41) is 10.2. The number of carbonyl (C=O) groups is 1. The van der Waals surface area contributed by atoms with Gasteiger partial charge in [0.1, 0.15) is 0 Å². The van der Waals surface area contributed by atoms with Crippen molar-refractivity contribution in [1.29, 1.82) is 0 Å². The van der Waals surface area contributed by atoms with Gasteiger partial charge in [-0.05, 0) is 24.3 Å². The summed E-state index contributed by atoms with van der Waals surface area (Å²) in [6.45, 7) is 7.59. The number of carbonyl (C=O) groups excluding carboxylic acids is 1. The van der Waals surface area contributed by atoms with Crippen LogP contribution in [-0.4, -0.2) is 5.97 Å². The van der Waals surface area contributed by atoms with E-state index in [0.717, 1.165) is 12.8 Å². The fourth-order valence-corrected chi connectivity index (χ4v) is 0.727. The molecule has 0 fully saturated rings. The Morgan fingerprint density at radius 1 is 1.64 bits per heavy atom. The predicted octanol–water partition coefficient (Wildman–Crippen LogP) is 1.12. The SMILES string of the molecule is C=C(CCC(C)CC)C(=O)[O-]. The first kappa shape index (κ1) is 10.2. The first-order chi connectivity index (χ1) is 5.07.